The van der Waals surface area contributed by atoms with Gasteiger partial charge in [0.1, 0.15) is 5.75 Å². The van der Waals surface area contributed by atoms with Gasteiger partial charge >= 0.3 is 0 Å². The summed E-state index contributed by atoms with van der Waals surface area (Å²) in [5.41, 5.74) is 9.86. The molecule has 0 aromatic heterocycles. The van der Waals surface area contributed by atoms with Crippen molar-refractivity contribution in [1.82, 2.24) is 0 Å². The average molecular weight is 541 g/mol. The average Bonchev–Trinajstić information content (AvgIpc) is 3.46. The van der Waals surface area contributed by atoms with Crippen molar-refractivity contribution in [2.24, 2.45) is 0 Å². The quantitative estimate of drug-likeness (QED) is 0.167. The monoisotopic (exact) mass is 540 g/mol. The van der Waals surface area contributed by atoms with Crippen LogP contribution in [0.4, 0.5) is 0 Å². The molecule has 1 aromatic carbocycles. The van der Waals surface area contributed by atoms with E-state index in [4.69, 9.17) is 9.16 Å². The highest BCUT2D eigenvalue weighted by Gasteiger charge is 2.50. The Morgan fingerprint density at radius 1 is 0.703 bits per heavy atom. The third-order valence-electron chi connectivity index (χ3n) is 10.0. The second kappa shape index (κ2) is 12.0. The molecule has 0 unspecified atom stereocenters. The molecule has 2 nitrogen and oxygen atoms in total. The normalized spacial score (nSPS) is 15.7. The largest absolute Gasteiger partial charge is 0.493 e. The Bertz CT molecular complexity index is 929. The number of hydrogen-bond donors (Lipinski definition) is 0. The summed E-state index contributed by atoms with van der Waals surface area (Å²) in [7, 11) is -3.66. The van der Waals surface area contributed by atoms with Crippen molar-refractivity contribution in [1.29, 1.82) is 0 Å². The van der Waals surface area contributed by atoms with E-state index in [0.29, 0.717) is 33.2 Å². The van der Waals surface area contributed by atoms with Crippen LogP contribution in [0.5, 0.6) is 5.75 Å². The zero-order valence-corrected chi connectivity index (χ0v) is 28.2. The molecule has 0 bridgehead atoms. The lowest BCUT2D eigenvalue weighted by Gasteiger charge is -2.45. The molecule has 2 aliphatic rings. The van der Waals surface area contributed by atoms with Gasteiger partial charge in [-0.1, -0.05) is 94.9 Å². The Kier molecular flexibility index (Phi) is 9.91. The summed E-state index contributed by atoms with van der Waals surface area (Å²) in [6.45, 7) is 30.6. The van der Waals surface area contributed by atoms with Gasteiger partial charge in [-0.3, -0.25) is 0 Å². The molecule has 1 heterocycles. The van der Waals surface area contributed by atoms with Crippen LogP contribution in [-0.4, -0.2) is 29.6 Å². The number of rotatable bonds is 10. The van der Waals surface area contributed by atoms with Crippen LogP contribution in [0.1, 0.15) is 118 Å². The second-order valence-corrected chi connectivity index (χ2v) is 24.9. The number of hydrogen-bond acceptors (Lipinski definition) is 2. The molecule has 1 aliphatic carbocycles. The summed E-state index contributed by atoms with van der Waals surface area (Å²) in [5.74, 6) is 8.55. The maximum absolute atomic E-state index is 6.80. The first-order chi connectivity index (χ1) is 17.3. The van der Waals surface area contributed by atoms with Gasteiger partial charge in [-0.15, -0.1) is 0 Å². The van der Waals surface area contributed by atoms with E-state index < -0.39 is 16.4 Å². The van der Waals surface area contributed by atoms with Crippen molar-refractivity contribution in [3.63, 3.8) is 0 Å². The zero-order chi connectivity index (χ0) is 27.7. The molecular weight excluding hydrogens is 485 g/mol. The topological polar surface area (TPSA) is 18.5 Å². The SMILES string of the molecule is CC(C)[Si](OCCC#Cc1c2c(c([Si](C(C)C)(C(C)C)C(C)C)c3c1CCO3)CCC2)(C(C)C)C(C)C. The van der Waals surface area contributed by atoms with E-state index in [0.717, 1.165) is 26.1 Å². The van der Waals surface area contributed by atoms with Crippen molar-refractivity contribution in [2.45, 2.75) is 148 Å². The van der Waals surface area contributed by atoms with Gasteiger partial charge in [0.2, 0.25) is 0 Å². The fourth-order valence-electron chi connectivity index (χ4n) is 8.94. The lowest BCUT2D eigenvalue weighted by atomic mass is 9.95. The van der Waals surface area contributed by atoms with Crippen LogP contribution < -0.4 is 9.92 Å². The summed E-state index contributed by atoms with van der Waals surface area (Å²) in [5, 5.41) is 1.68. The minimum atomic E-state index is -1.83. The van der Waals surface area contributed by atoms with Crippen LogP contribution in [0.3, 0.4) is 0 Å². The Labute approximate surface area is 231 Å². The summed E-state index contributed by atoms with van der Waals surface area (Å²) < 4.78 is 13.3. The maximum atomic E-state index is 6.80. The smallest absolute Gasteiger partial charge is 0.200 e. The molecule has 0 saturated heterocycles. The Morgan fingerprint density at radius 2 is 1.24 bits per heavy atom. The molecule has 0 N–H and O–H groups in total. The minimum absolute atomic E-state index is 0.615. The number of benzene rings is 1. The van der Waals surface area contributed by atoms with Gasteiger partial charge in [-0.25, -0.2) is 0 Å². The van der Waals surface area contributed by atoms with E-state index >= 15 is 0 Å². The van der Waals surface area contributed by atoms with Gasteiger partial charge < -0.3 is 9.16 Å². The zero-order valence-electron chi connectivity index (χ0n) is 26.2. The third kappa shape index (κ3) is 5.14. The van der Waals surface area contributed by atoms with Gasteiger partial charge in [0.05, 0.1) is 14.7 Å². The minimum Gasteiger partial charge on any atom is -0.493 e. The van der Waals surface area contributed by atoms with E-state index in [1.54, 1.807) is 16.3 Å². The van der Waals surface area contributed by atoms with E-state index in [2.05, 4.69) is 94.9 Å². The van der Waals surface area contributed by atoms with Crippen LogP contribution >= 0.6 is 0 Å². The fraction of sp³-hybridized carbons (Fsp3) is 0.758. The van der Waals surface area contributed by atoms with E-state index in [1.807, 2.05) is 0 Å². The van der Waals surface area contributed by atoms with Gasteiger partial charge in [-0.2, -0.15) is 0 Å². The molecule has 37 heavy (non-hydrogen) atoms. The summed E-state index contributed by atoms with van der Waals surface area (Å²) in [6, 6.07) is 0. The van der Waals surface area contributed by atoms with Crippen LogP contribution in [0.25, 0.3) is 0 Å². The highest BCUT2D eigenvalue weighted by Crippen LogP contribution is 2.47. The second-order valence-electron chi connectivity index (χ2n) is 13.6. The van der Waals surface area contributed by atoms with Crippen molar-refractivity contribution in [2.75, 3.05) is 13.2 Å². The molecular formula is C33H56O2Si2. The van der Waals surface area contributed by atoms with Crippen LogP contribution in [0, 0.1) is 11.8 Å². The Hall–Kier alpha value is -1.03. The van der Waals surface area contributed by atoms with E-state index in [9.17, 15) is 0 Å². The Balaban J connectivity index is 2.01. The van der Waals surface area contributed by atoms with E-state index in [-0.39, 0.29) is 0 Å². The molecule has 0 radical (unpaired) electrons. The number of fused-ring (bicyclic) bond motifs is 2. The molecule has 0 spiro atoms. The molecule has 3 rings (SSSR count). The van der Waals surface area contributed by atoms with Gasteiger partial charge in [0.15, 0.2) is 8.32 Å². The molecule has 0 atom stereocenters. The van der Waals surface area contributed by atoms with Crippen molar-refractivity contribution in [3.8, 4) is 17.6 Å². The molecule has 4 heteroatoms. The van der Waals surface area contributed by atoms with Crippen molar-refractivity contribution < 1.29 is 9.16 Å². The van der Waals surface area contributed by atoms with Gasteiger partial charge in [-0.05, 0) is 68.8 Å². The molecule has 1 aliphatic heterocycles. The predicted octanol–water partition coefficient (Wildman–Crippen LogP) is 8.93. The van der Waals surface area contributed by atoms with Gasteiger partial charge in [0, 0.05) is 30.6 Å². The Morgan fingerprint density at radius 3 is 1.76 bits per heavy atom. The van der Waals surface area contributed by atoms with Crippen molar-refractivity contribution in [3.05, 3.63) is 22.3 Å². The first-order valence-electron chi connectivity index (χ1n) is 15.3. The van der Waals surface area contributed by atoms with Crippen molar-refractivity contribution >= 4 is 21.6 Å². The molecule has 0 amide bonds. The summed E-state index contributed by atoms with van der Waals surface area (Å²) >= 11 is 0. The highest BCUT2D eigenvalue weighted by atomic mass is 28.4. The van der Waals surface area contributed by atoms with Crippen LogP contribution in [0.15, 0.2) is 0 Å². The highest BCUT2D eigenvalue weighted by molar-refractivity contribution is 6.96. The molecule has 0 fully saturated rings. The number of ether oxygens (including phenoxy) is 1. The summed E-state index contributed by atoms with van der Waals surface area (Å²) in [6.07, 6.45) is 5.46. The predicted molar refractivity (Wildman–Crippen MR) is 167 cm³/mol. The molecule has 1 aromatic rings. The fourth-order valence-corrected chi connectivity index (χ4v) is 21.5. The van der Waals surface area contributed by atoms with Gasteiger partial charge in [0.25, 0.3) is 0 Å². The summed E-state index contributed by atoms with van der Waals surface area (Å²) in [4.78, 5) is 0. The van der Waals surface area contributed by atoms with E-state index in [1.165, 1.54) is 36.1 Å². The molecule has 0 saturated carbocycles. The first-order valence-corrected chi connectivity index (χ1v) is 19.7. The molecule has 208 valence electrons. The van der Waals surface area contributed by atoms with Crippen LogP contribution in [-0.2, 0) is 23.7 Å². The standard InChI is InChI=1S/C33H56O2Si2/c1-22(2)36(23(3)4,24(5)6)33-31-18-15-17-29(31)28(30-19-21-34-32(30)33)16-13-14-20-35-37(25(7)8,26(9)10)27(11)12/h22-27H,14-15,17-21H2,1-12H3. The van der Waals surface area contributed by atoms with Crippen LogP contribution in [0.2, 0.25) is 33.2 Å². The lowest BCUT2D eigenvalue weighted by molar-refractivity contribution is 0.286. The maximum Gasteiger partial charge on any atom is 0.200 e. The lowest BCUT2D eigenvalue weighted by Crippen LogP contribution is -2.57. The third-order valence-corrected chi connectivity index (χ3v) is 23.3. The first kappa shape index (κ1) is 30.5.